The Morgan fingerprint density at radius 1 is 1.13 bits per heavy atom. The molecule has 0 unspecified atom stereocenters. The molecular weight excluding hydrogens is 314 g/mol. The second kappa shape index (κ2) is 8.52. The Morgan fingerprint density at radius 3 is 2.43 bits per heavy atom. The first-order chi connectivity index (χ1) is 10.7. The number of piperidine rings is 1. The van der Waals surface area contributed by atoms with Gasteiger partial charge in [-0.2, -0.15) is 0 Å². The van der Waals surface area contributed by atoms with E-state index in [1.54, 1.807) is 0 Å². The predicted molar refractivity (Wildman–Crippen MR) is 92.6 cm³/mol. The maximum Gasteiger partial charge on any atom is 0.410 e. The molecule has 23 heavy (non-hydrogen) atoms. The summed E-state index contributed by atoms with van der Waals surface area (Å²) in [6, 6.07) is 10.7. The van der Waals surface area contributed by atoms with Crippen LogP contribution in [-0.4, -0.2) is 54.2 Å². The standard InChI is InChI=1S/C17H25N3O2.ClH/c18-15-6-9-20(12-15)16-7-10-19(11-8-16)17(21)22-13-14-4-2-1-3-5-14;/h1-5,15-16H,6-13,18H2;1H/t15-;/m0./s1. The SMILES string of the molecule is Cl.N[C@H]1CCN(C2CCN(C(=O)OCc3ccccc3)CC2)C1. The molecule has 0 radical (unpaired) electrons. The van der Waals surface area contributed by atoms with Crippen molar-refractivity contribution in [2.24, 2.45) is 5.73 Å². The molecule has 1 aromatic rings. The highest BCUT2D eigenvalue weighted by Crippen LogP contribution is 2.21. The first kappa shape index (κ1) is 18.0. The summed E-state index contributed by atoms with van der Waals surface area (Å²) < 4.78 is 5.40. The summed E-state index contributed by atoms with van der Waals surface area (Å²) in [5.74, 6) is 0. The molecule has 2 N–H and O–H groups in total. The highest BCUT2D eigenvalue weighted by molar-refractivity contribution is 5.85. The van der Waals surface area contributed by atoms with Crippen LogP contribution in [0, 0.1) is 0 Å². The van der Waals surface area contributed by atoms with Gasteiger partial charge in [0.2, 0.25) is 0 Å². The quantitative estimate of drug-likeness (QED) is 0.917. The van der Waals surface area contributed by atoms with Crippen molar-refractivity contribution in [1.29, 1.82) is 0 Å². The lowest BCUT2D eigenvalue weighted by molar-refractivity contribution is 0.0725. The number of hydrogen-bond acceptors (Lipinski definition) is 4. The Morgan fingerprint density at radius 2 is 1.83 bits per heavy atom. The summed E-state index contributed by atoms with van der Waals surface area (Å²) in [6.07, 6.45) is 2.94. The maximum absolute atomic E-state index is 12.1. The molecule has 1 amide bonds. The first-order valence-electron chi connectivity index (χ1n) is 8.17. The van der Waals surface area contributed by atoms with Gasteiger partial charge < -0.3 is 15.4 Å². The zero-order valence-electron chi connectivity index (χ0n) is 13.4. The molecule has 0 aliphatic carbocycles. The molecule has 2 saturated heterocycles. The van der Waals surface area contributed by atoms with Crippen molar-refractivity contribution in [3.8, 4) is 0 Å². The van der Waals surface area contributed by atoms with E-state index < -0.39 is 0 Å². The smallest absolute Gasteiger partial charge is 0.410 e. The van der Waals surface area contributed by atoms with Crippen molar-refractivity contribution in [2.45, 2.75) is 38.0 Å². The monoisotopic (exact) mass is 339 g/mol. The molecule has 0 bridgehead atoms. The van der Waals surface area contributed by atoms with Crippen LogP contribution in [0.5, 0.6) is 0 Å². The van der Waals surface area contributed by atoms with Crippen molar-refractivity contribution < 1.29 is 9.53 Å². The van der Waals surface area contributed by atoms with Gasteiger partial charge in [0.25, 0.3) is 0 Å². The first-order valence-corrected chi connectivity index (χ1v) is 8.17. The average molecular weight is 340 g/mol. The average Bonchev–Trinajstić information content (AvgIpc) is 3.00. The predicted octanol–water partition coefficient (Wildman–Crippen LogP) is 2.24. The number of carbonyl (C=O) groups is 1. The lowest BCUT2D eigenvalue weighted by Gasteiger charge is -2.36. The molecule has 2 heterocycles. The van der Waals surface area contributed by atoms with Crippen LogP contribution in [0.3, 0.4) is 0 Å². The normalized spacial score (nSPS) is 22.7. The van der Waals surface area contributed by atoms with Crippen molar-refractivity contribution >= 4 is 18.5 Å². The van der Waals surface area contributed by atoms with E-state index in [-0.39, 0.29) is 18.5 Å². The molecule has 1 aromatic carbocycles. The number of benzene rings is 1. The van der Waals surface area contributed by atoms with E-state index in [9.17, 15) is 4.79 Å². The number of amides is 1. The fourth-order valence-corrected chi connectivity index (χ4v) is 3.37. The summed E-state index contributed by atoms with van der Waals surface area (Å²) in [5.41, 5.74) is 7.00. The molecular formula is C17H26ClN3O2. The van der Waals surface area contributed by atoms with E-state index in [4.69, 9.17) is 10.5 Å². The second-order valence-electron chi connectivity index (χ2n) is 6.30. The van der Waals surface area contributed by atoms with Gasteiger partial charge in [0.1, 0.15) is 6.61 Å². The fourth-order valence-electron chi connectivity index (χ4n) is 3.37. The second-order valence-corrected chi connectivity index (χ2v) is 6.30. The maximum atomic E-state index is 12.1. The molecule has 2 fully saturated rings. The molecule has 6 heteroatoms. The number of halogens is 1. The Labute approximate surface area is 144 Å². The van der Waals surface area contributed by atoms with Gasteiger partial charge in [0.05, 0.1) is 0 Å². The van der Waals surface area contributed by atoms with Gasteiger partial charge in [-0.05, 0) is 24.8 Å². The molecule has 5 nitrogen and oxygen atoms in total. The van der Waals surface area contributed by atoms with Crippen molar-refractivity contribution in [3.63, 3.8) is 0 Å². The Hall–Kier alpha value is -1.30. The van der Waals surface area contributed by atoms with Crippen molar-refractivity contribution in [3.05, 3.63) is 35.9 Å². The Kier molecular flexibility index (Phi) is 6.69. The molecule has 0 aromatic heterocycles. The van der Waals surface area contributed by atoms with Crippen LogP contribution < -0.4 is 5.73 Å². The third-order valence-corrected chi connectivity index (χ3v) is 4.70. The Balaban J connectivity index is 0.00000192. The van der Waals surface area contributed by atoms with Crippen molar-refractivity contribution in [1.82, 2.24) is 9.80 Å². The van der Waals surface area contributed by atoms with Crippen molar-refractivity contribution in [2.75, 3.05) is 26.2 Å². The van der Waals surface area contributed by atoms with Crippen LogP contribution in [0.4, 0.5) is 4.79 Å². The summed E-state index contributed by atoms with van der Waals surface area (Å²) in [4.78, 5) is 16.4. The van der Waals surface area contributed by atoms with Crippen LogP contribution in [0.25, 0.3) is 0 Å². The zero-order valence-corrected chi connectivity index (χ0v) is 14.2. The fraction of sp³-hybridized carbons (Fsp3) is 0.588. The summed E-state index contributed by atoms with van der Waals surface area (Å²) in [6.45, 7) is 4.02. The number of rotatable bonds is 3. The van der Waals surface area contributed by atoms with Crippen LogP contribution in [-0.2, 0) is 11.3 Å². The van der Waals surface area contributed by atoms with Crippen LogP contribution in [0.15, 0.2) is 30.3 Å². The lowest BCUT2D eigenvalue weighted by atomic mass is 10.0. The largest absolute Gasteiger partial charge is 0.445 e. The van der Waals surface area contributed by atoms with Gasteiger partial charge in [-0.3, -0.25) is 4.90 Å². The number of ether oxygens (including phenoxy) is 1. The number of nitrogens with zero attached hydrogens (tertiary/aromatic N) is 2. The van der Waals surface area contributed by atoms with E-state index in [2.05, 4.69) is 4.90 Å². The van der Waals surface area contributed by atoms with E-state index in [0.29, 0.717) is 18.7 Å². The summed E-state index contributed by atoms with van der Waals surface area (Å²) in [5, 5.41) is 0. The minimum absolute atomic E-state index is 0. The Bertz CT molecular complexity index is 492. The lowest BCUT2D eigenvalue weighted by Crippen LogP contribution is -2.46. The number of nitrogens with two attached hydrogens (primary N) is 1. The van der Waals surface area contributed by atoms with Gasteiger partial charge >= 0.3 is 6.09 Å². The number of hydrogen-bond donors (Lipinski definition) is 1. The molecule has 1 atom stereocenters. The molecule has 0 saturated carbocycles. The van der Waals surface area contributed by atoms with Gasteiger partial charge in [0.15, 0.2) is 0 Å². The highest BCUT2D eigenvalue weighted by atomic mass is 35.5. The van der Waals surface area contributed by atoms with Gasteiger partial charge in [-0.25, -0.2) is 4.79 Å². The van der Waals surface area contributed by atoms with Gasteiger partial charge in [-0.15, -0.1) is 12.4 Å². The number of carbonyl (C=O) groups excluding carboxylic acids is 1. The van der Waals surface area contributed by atoms with E-state index in [0.717, 1.165) is 51.0 Å². The van der Waals surface area contributed by atoms with Gasteiger partial charge in [0, 0.05) is 38.3 Å². The highest BCUT2D eigenvalue weighted by Gasteiger charge is 2.30. The third-order valence-electron chi connectivity index (χ3n) is 4.70. The number of likely N-dealkylation sites (tertiary alicyclic amines) is 2. The minimum Gasteiger partial charge on any atom is -0.445 e. The zero-order chi connectivity index (χ0) is 15.4. The van der Waals surface area contributed by atoms with Crippen LogP contribution in [0.2, 0.25) is 0 Å². The molecule has 0 spiro atoms. The summed E-state index contributed by atoms with van der Waals surface area (Å²) in [7, 11) is 0. The van der Waals surface area contributed by atoms with E-state index in [1.807, 2.05) is 35.2 Å². The minimum atomic E-state index is -0.194. The topological polar surface area (TPSA) is 58.8 Å². The summed E-state index contributed by atoms with van der Waals surface area (Å²) >= 11 is 0. The molecule has 2 aliphatic rings. The van der Waals surface area contributed by atoms with E-state index >= 15 is 0 Å². The van der Waals surface area contributed by atoms with E-state index in [1.165, 1.54) is 0 Å². The van der Waals surface area contributed by atoms with Crippen LogP contribution in [0.1, 0.15) is 24.8 Å². The van der Waals surface area contributed by atoms with Gasteiger partial charge in [-0.1, -0.05) is 30.3 Å². The molecule has 2 aliphatic heterocycles. The van der Waals surface area contributed by atoms with Crippen LogP contribution >= 0.6 is 12.4 Å². The molecule has 3 rings (SSSR count). The third kappa shape index (κ3) is 4.83. The molecule has 128 valence electrons.